The summed E-state index contributed by atoms with van der Waals surface area (Å²) in [6.45, 7) is 0. The number of aromatic nitrogens is 4. The van der Waals surface area contributed by atoms with Gasteiger partial charge in [0.25, 0.3) is 11.8 Å². The largest absolute Gasteiger partial charge is 0.354 e. The number of rotatable bonds is 4. The number of nitrogens with one attached hydrogen (secondary N) is 3. The average molecular weight is 902 g/mol. The summed E-state index contributed by atoms with van der Waals surface area (Å²) in [4.78, 5) is 42.8. The van der Waals surface area contributed by atoms with Crippen LogP contribution in [0.5, 0.6) is 0 Å². The van der Waals surface area contributed by atoms with Gasteiger partial charge in [-0.2, -0.15) is 0 Å². The molecule has 2 aliphatic heterocycles. The molecule has 2 aliphatic rings. The van der Waals surface area contributed by atoms with Crippen molar-refractivity contribution in [3.05, 3.63) is 178 Å². The number of carbonyl (C=O) groups excluding carboxylic acids is 2. The maximum Gasteiger partial charge on any atom is 0.266 e. The highest BCUT2D eigenvalue weighted by molar-refractivity contribution is 6.36. The molecule has 11 rings (SSSR count). The van der Waals surface area contributed by atoms with Crippen LogP contribution >= 0.6 is 0 Å². The molecular formula is C49H21F10N5O2. The van der Waals surface area contributed by atoms with Gasteiger partial charge in [-0.3, -0.25) is 9.59 Å². The molecule has 324 valence electrons. The van der Waals surface area contributed by atoms with Gasteiger partial charge in [-0.25, -0.2) is 53.8 Å². The summed E-state index contributed by atoms with van der Waals surface area (Å²) in [6.07, 6.45) is 2.53. The van der Waals surface area contributed by atoms with Gasteiger partial charge in [0.2, 0.25) is 11.6 Å². The number of fused-ring (bicyclic) bond motifs is 11. The molecule has 6 heterocycles. The molecule has 9 aromatic rings. The van der Waals surface area contributed by atoms with Crippen molar-refractivity contribution < 1.29 is 53.5 Å². The number of amides is 2. The molecule has 5 aromatic carbocycles. The molecule has 0 saturated carbocycles. The number of H-pyrrole nitrogens is 3. The number of benzene rings is 5. The van der Waals surface area contributed by atoms with Gasteiger partial charge in [0.15, 0.2) is 46.5 Å². The van der Waals surface area contributed by atoms with E-state index in [0.717, 1.165) is 4.90 Å². The van der Waals surface area contributed by atoms with Crippen LogP contribution in [-0.2, 0) is 0 Å². The molecule has 17 heteroatoms. The molecule has 7 nitrogen and oxygen atoms in total. The first-order valence-corrected chi connectivity index (χ1v) is 19.6. The number of aromatic amines is 3. The standard InChI is InChI=1S/C49H21F10N5O2/c50-38-36(39(51)43(55)46(58)42(38)54)34-28-11-9-24(60-28)25-10-12-29(61-25)35(37-40(52)44(56)47(59)45(57)41(37)53)31-16-14-27(63-31)33(26-13-15-30(34)62-26)21-7-3-4-8-32(21)64-48(65)22-17-19-5-1-2-6-20(19)18-23(22)49(64)66/h1-18,60-62H. The minimum Gasteiger partial charge on any atom is -0.354 e. The van der Waals surface area contributed by atoms with Gasteiger partial charge in [-0.1, -0.05) is 42.5 Å². The van der Waals surface area contributed by atoms with Crippen molar-refractivity contribution in [2.75, 3.05) is 4.90 Å². The second-order valence-electron chi connectivity index (χ2n) is 15.3. The Bertz CT molecular complexity index is 3740. The first-order chi connectivity index (χ1) is 31.7. The Morgan fingerprint density at radius 3 is 1.23 bits per heavy atom. The number of halogens is 10. The third-order valence-corrected chi connectivity index (χ3v) is 11.7. The number of carbonyl (C=O) groups is 2. The number of imide groups is 1. The van der Waals surface area contributed by atoms with E-state index < -0.39 is 92.2 Å². The lowest BCUT2D eigenvalue weighted by Gasteiger charge is -2.19. The SMILES string of the molecule is O=C1c2cc3ccccc3cc2C(=O)N1c1ccccc1-c1c2nc(c(-c3c(F)c(F)c(F)c(F)c3F)c3ccc([nH]3)c3ccc([nH]3)c(-c3c(F)c(F)c(F)c(F)c3F)c3ccc1[nH]3)C=C2. The lowest BCUT2D eigenvalue weighted by molar-refractivity contribution is 0.0926. The number of nitrogens with zero attached hydrogens (tertiary/aromatic N) is 2. The zero-order valence-corrected chi connectivity index (χ0v) is 32.9. The van der Waals surface area contributed by atoms with Gasteiger partial charge in [-0.05, 0) is 77.5 Å². The minimum absolute atomic E-state index is 0.0208. The van der Waals surface area contributed by atoms with E-state index >= 15 is 17.6 Å². The number of para-hydroxylation sites is 1. The van der Waals surface area contributed by atoms with Crippen LogP contribution in [0.25, 0.3) is 89.4 Å². The molecule has 66 heavy (non-hydrogen) atoms. The Hall–Kier alpha value is -8.47. The molecule has 0 spiro atoms. The molecule has 0 radical (unpaired) electrons. The van der Waals surface area contributed by atoms with Crippen molar-refractivity contribution in [3.63, 3.8) is 0 Å². The maximum atomic E-state index is 15.9. The van der Waals surface area contributed by atoms with E-state index in [1.165, 1.54) is 72.8 Å². The van der Waals surface area contributed by atoms with Crippen molar-refractivity contribution in [1.29, 1.82) is 0 Å². The average Bonchev–Trinajstić information content (AvgIpc) is 4.19. The van der Waals surface area contributed by atoms with Crippen LogP contribution in [0.15, 0.2) is 97.1 Å². The lowest BCUT2D eigenvalue weighted by Crippen LogP contribution is -2.29. The molecule has 0 unspecified atom stereocenters. The van der Waals surface area contributed by atoms with Crippen LogP contribution in [0.2, 0.25) is 0 Å². The van der Waals surface area contributed by atoms with Crippen molar-refractivity contribution in [2.24, 2.45) is 0 Å². The lowest BCUT2D eigenvalue weighted by atomic mass is 10.0. The molecule has 0 fully saturated rings. The monoisotopic (exact) mass is 901 g/mol. The van der Waals surface area contributed by atoms with Gasteiger partial charge in [0.1, 0.15) is 0 Å². The highest BCUT2D eigenvalue weighted by Crippen LogP contribution is 2.44. The highest BCUT2D eigenvalue weighted by atomic mass is 19.2. The van der Waals surface area contributed by atoms with Crippen LogP contribution in [0, 0.1) is 58.2 Å². The number of anilines is 1. The molecule has 0 atom stereocenters. The topological polar surface area (TPSA) is 97.6 Å². The Kier molecular flexibility index (Phi) is 8.88. The fourth-order valence-electron chi connectivity index (χ4n) is 8.63. The van der Waals surface area contributed by atoms with Crippen LogP contribution in [-0.4, -0.2) is 31.8 Å². The summed E-state index contributed by atoms with van der Waals surface area (Å²) >= 11 is 0. The fourth-order valence-corrected chi connectivity index (χ4v) is 8.63. The summed E-state index contributed by atoms with van der Waals surface area (Å²) < 4.78 is 152. The van der Waals surface area contributed by atoms with Crippen molar-refractivity contribution in [1.82, 2.24) is 19.9 Å². The Morgan fingerprint density at radius 1 is 0.364 bits per heavy atom. The van der Waals surface area contributed by atoms with Gasteiger partial charge in [-0.15, -0.1) is 0 Å². The Labute approximate surface area is 362 Å². The zero-order valence-electron chi connectivity index (χ0n) is 32.9. The normalized spacial score (nSPS) is 13.0. The predicted octanol–water partition coefficient (Wildman–Crippen LogP) is 13.0. The van der Waals surface area contributed by atoms with Crippen LogP contribution in [0.4, 0.5) is 49.6 Å². The van der Waals surface area contributed by atoms with Gasteiger partial charge >= 0.3 is 0 Å². The van der Waals surface area contributed by atoms with E-state index in [9.17, 15) is 35.9 Å². The quantitative estimate of drug-likeness (QED) is 0.0710. The number of hydrogen-bond acceptors (Lipinski definition) is 3. The molecule has 0 aliphatic carbocycles. The minimum atomic E-state index is -2.41. The third-order valence-electron chi connectivity index (χ3n) is 11.7. The van der Waals surface area contributed by atoms with E-state index in [1.807, 2.05) is 0 Å². The smallest absolute Gasteiger partial charge is 0.266 e. The van der Waals surface area contributed by atoms with Crippen LogP contribution in [0.1, 0.15) is 32.1 Å². The van der Waals surface area contributed by atoms with E-state index in [-0.39, 0.29) is 72.4 Å². The Balaban J connectivity index is 1.29. The molecule has 2 amide bonds. The van der Waals surface area contributed by atoms with E-state index in [1.54, 1.807) is 36.4 Å². The number of hydrogen-bond donors (Lipinski definition) is 3. The molecular weight excluding hydrogens is 881 g/mol. The molecule has 8 bridgehead atoms. The summed E-state index contributed by atoms with van der Waals surface area (Å²) in [5.74, 6) is -23.9. The highest BCUT2D eigenvalue weighted by Gasteiger charge is 2.39. The molecule has 4 aromatic heterocycles. The van der Waals surface area contributed by atoms with Crippen molar-refractivity contribution in [3.8, 4) is 33.4 Å². The van der Waals surface area contributed by atoms with E-state index in [2.05, 4.69) is 19.9 Å². The van der Waals surface area contributed by atoms with Crippen molar-refractivity contribution in [2.45, 2.75) is 0 Å². The summed E-state index contributed by atoms with van der Waals surface area (Å²) in [6, 6.07) is 23.9. The predicted molar refractivity (Wildman–Crippen MR) is 226 cm³/mol. The van der Waals surface area contributed by atoms with E-state index in [4.69, 9.17) is 0 Å². The van der Waals surface area contributed by atoms with Crippen molar-refractivity contribution >= 4 is 73.5 Å². The van der Waals surface area contributed by atoms with Gasteiger partial charge in [0, 0.05) is 44.3 Å². The van der Waals surface area contributed by atoms with Gasteiger partial charge in [0.05, 0.1) is 50.4 Å². The Morgan fingerprint density at radius 2 is 0.727 bits per heavy atom. The summed E-state index contributed by atoms with van der Waals surface area (Å²) in [7, 11) is 0. The zero-order chi connectivity index (χ0) is 46.0. The second-order valence-corrected chi connectivity index (χ2v) is 15.3. The fraction of sp³-hybridized carbons (Fsp3) is 0. The second kappa shape index (κ2) is 14.5. The summed E-state index contributed by atoms with van der Waals surface area (Å²) in [5, 5.41) is 1.34. The van der Waals surface area contributed by atoms with Crippen LogP contribution < -0.4 is 4.90 Å². The summed E-state index contributed by atoms with van der Waals surface area (Å²) in [5.41, 5.74) is -4.71. The maximum absolute atomic E-state index is 15.9. The van der Waals surface area contributed by atoms with Crippen LogP contribution in [0.3, 0.4) is 0 Å². The first-order valence-electron chi connectivity index (χ1n) is 19.6. The van der Waals surface area contributed by atoms with E-state index in [0.29, 0.717) is 10.8 Å². The molecule has 3 N–H and O–H groups in total. The third kappa shape index (κ3) is 5.75. The van der Waals surface area contributed by atoms with Gasteiger partial charge < -0.3 is 15.0 Å². The first kappa shape index (κ1) is 40.3. The molecule has 0 saturated heterocycles.